The molecular weight excluding hydrogens is 228 g/mol. The van der Waals surface area contributed by atoms with Gasteiger partial charge in [-0.3, -0.25) is 15.0 Å². The summed E-state index contributed by atoms with van der Waals surface area (Å²) in [5, 5.41) is 2.78. The molecule has 0 saturated carbocycles. The molecule has 1 saturated heterocycles. The first-order chi connectivity index (χ1) is 7.58. The fourth-order valence-corrected chi connectivity index (χ4v) is 1.62. The van der Waals surface area contributed by atoms with Gasteiger partial charge >= 0.3 is 6.03 Å². The van der Waals surface area contributed by atoms with Gasteiger partial charge in [-0.1, -0.05) is 23.7 Å². The molecule has 1 aliphatic heterocycles. The van der Waals surface area contributed by atoms with Crippen LogP contribution in [0.15, 0.2) is 30.0 Å². The van der Waals surface area contributed by atoms with Crippen molar-refractivity contribution in [1.82, 2.24) is 10.2 Å². The van der Waals surface area contributed by atoms with Crippen LogP contribution in [0.2, 0.25) is 5.02 Å². The molecule has 0 unspecified atom stereocenters. The Morgan fingerprint density at radius 3 is 2.69 bits per heavy atom. The quantitative estimate of drug-likeness (QED) is 0.598. The number of urea groups is 1. The molecule has 16 heavy (non-hydrogen) atoms. The Morgan fingerprint density at radius 1 is 1.38 bits per heavy atom. The number of benzene rings is 1. The Morgan fingerprint density at radius 2 is 2.12 bits per heavy atom. The minimum absolute atomic E-state index is 0.312. The normalized spacial score (nSPS) is 18.1. The summed E-state index contributed by atoms with van der Waals surface area (Å²) in [4.78, 5) is 23.9. The van der Waals surface area contributed by atoms with Crippen molar-refractivity contribution < 1.29 is 9.59 Å². The number of halogens is 1. The Hall–Kier alpha value is -1.81. The summed E-state index contributed by atoms with van der Waals surface area (Å²) < 4.78 is 0. The molecule has 5 heteroatoms. The van der Waals surface area contributed by atoms with Gasteiger partial charge in [0.15, 0.2) is 0 Å². The summed E-state index contributed by atoms with van der Waals surface area (Å²) in [6, 6.07) is 6.64. The summed E-state index contributed by atoms with van der Waals surface area (Å²) in [6.45, 7) is 0. The standard InChI is InChI=1S/C11H9ClN2O2/c1-14-9(10(15)13-11(14)16)6-7-3-2-4-8(12)5-7/h2-6H,1H3,(H,13,15,16)/b9-6-. The van der Waals surface area contributed by atoms with Crippen LogP contribution in [-0.2, 0) is 4.79 Å². The van der Waals surface area contributed by atoms with E-state index in [1.54, 1.807) is 24.3 Å². The molecule has 1 N–H and O–H groups in total. The zero-order chi connectivity index (χ0) is 11.7. The lowest BCUT2D eigenvalue weighted by Gasteiger charge is -2.06. The van der Waals surface area contributed by atoms with E-state index in [2.05, 4.69) is 5.32 Å². The Bertz CT molecular complexity index is 497. The summed E-state index contributed by atoms with van der Waals surface area (Å²) in [6.07, 6.45) is 1.62. The number of carbonyl (C=O) groups excluding carboxylic acids is 2. The maximum Gasteiger partial charge on any atom is 0.328 e. The summed E-state index contributed by atoms with van der Waals surface area (Å²) in [7, 11) is 1.54. The average Bonchev–Trinajstić information content (AvgIpc) is 2.45. The summed E-state index contributed by atoms with van der Waals surface area (Å²) >= 11 is 5.82. The first kappa shape index (κ1) is 10.7. The smallest absolute Gasteiger partial charge is 0.292 e. The van der Waals surface area contributed by atoms with Gasteiger partial charge in [0.1, 0.15) is 5.70 Å². The molecule has 1 aliphatic rings. The molecule has 4 nitrogen and oxygen atoms in total. The fourth-order valence-electron chi connectivity index (χ4n) is 1.42. The van der Waals surface area contributed by atoms with E-state index in [4.69, 9.17) is 11.6 Å². The lowest BCUT2D eigenvalue weighted by molar-refractivity contribution is -0.115. The van der Waals surface area contributed by atoms with Crippen LogP contribution >= 0.6 is 11.6 Å². The Balaban J connectivity index is 2.38. The molecule has 82 valence electrons. The van der Waals surface area contributed by atoms with Crippen LogP contribution in [0.25, 0.3) is 6.08 Å². The van der Waals surface area contributed by atoms with E-state index >= 15 is 0 Å². The molecule has 1 aromatic rings. The van der Waals surface area contributed by atoms with Crippen molar-refractivity contribution in [3.8, 4) is 0 Å². The van der Waals surface area contributed by atoms with E-state index in [1.807, 2.05) is 6.07 Å². The monoisotopic (exact) mass is 236 g/mol. The molecule has 0 spiro atoms. The van der Waals surface area contributed by atoms with E-state index < -0.39 is 11.9 Å². The SMILES string of the molecule is CN1C(=O)NC(=O)/C1=C/c1cccc(Cl)c1. The molecule has 0 bridgehead atoms. The molecule has 0 radical (unpaired) electrons. The van der Waals surface area contributed by atoms with Crippen LogP contribution in [0.1, 0.15) is 5.56 Å². The largest absolute Gasteiger partial charge is 0.328 e. The predicted molar refractivity (Wildman–Crippen MR) is 60.7 cm³/mol. The van der Waals surface area contributed by atoms with Crippen LogP contribution in [0.4, 0.5) is 4.79 Å². The number of nitrogens with one attached hydrogen (secondary N) is 1. The van der Waals surface area contributed by atoms with E-state index in [1.165, 1.54) is 11.9 Å². The molecule has 0 aliphatic carbocycles. The van der Waals surface area contributed by atoms with Crippen molar-refractivity contribution in [2.45, 2.75) is 0 Å². The third kappa shape index (κ3) is 1.92. The highest BCUT2D eigenvalue weighted by Crippen LogP contribution is 2.17. The molecule has 2 rings (SSSR count). The highest BCUT2D eigenvalue weighted by Gasteiger charge is 2.29. The van der Waals surface area contributed by atoms with Crippen LogP contribution in [0.5, 0.6) is 0 Å². The van der Waals surface area contributed by atoms with Gasteiger partial charge in [-0.15, -0.1) is 0 Å². The molecule has 1 heterocycles. The highest BCUT2D eigenvalue weighted by atomic mass is 35.5. The van der Waals surface area contributed by atoms with Gasteiger partial charge in [0, 0.05) is 12.1 Å². The Labute approximate surface area is 97.5 Å². The number of hydrogen-bond donors (Lipinski definition) is 1. The van der Waals surface area contributed by atoms with Crippen molar-refractivity contribution in [3.63, 3.8) is 0 Å². The van der Waals surface area contributed by atoms with Crippen molar-refractivity contribution in [1.29, 1.82) is 0 Å². The maximum absolute atomic E-state index is 11.4. The number of imide groups is 1. The number of likely N-dealkylation sites (N-methyl/N-ethyl adjacent to an activating group) is 1. The second-order valence-corrected chi connectivity index (χ2v) is 3.84. The van der Waals surface area contributed by atoms with E-state index in [0.717, 1.165) is 5.56 Å². The van der Waals surface area contributed by atoms with Crippen molar-refractivity contribution in [2.75, 3.05) is 7.05 Å². The van der Waals surface area contributed by atoms with E-state index in [-0.39, 0.29) is 0 Å². The maximum atomic E-state index is 11.4. The Kier molecular flexibility index (Phi) is 2.66. The third-order valence-electron chi connectivity index (χ3n) is 2.27. The minimum Gasteiger partial charge on any atom is -0.292 e. The van der Waals surface area contributed by atoms with Crippen LogP contribution in [-0.4, -0.2) is 23.9 Å². The molecular formula is C11H9ClN2O2. The van der Waals surface area contributed by atoms with Crippen LogP contribution < -0.4 is 5.32 Å². The fraction of sp³-hybridized carbons (Fsp3) is 0.0909. The number of carbonyl (C=O) groups is 2. The number of rotatable bonds is 1. The molecule has 1 aromatic carbocycles. The van der Waals surface area contributed by atoms with Crippen LogP contribution in [0, 0.1) is 0 Å². The zero-order valence-corrected chi connectivity index (χ0v) is 9.28. The van der Waals surface area contributed by atoms with Gasteiger partial charge in [-0.25, -0.2) is 4.79 Å². The number of hydrogen-bond acceptors (Lipinski definition) is 2. The summed E-state index contributed by atoms with van der Waals surface area (Å²) in [5.74, 6) is -0.396. The molecule has 3 amide bonds. The van der Waals surface area contributed by atoms with Gasteiger partial charge in [-0.2, -0.15) is 0 Å². The second-order valence-electron chi connectivity index (χ2n) is 3.40. The lowest BCUT2D eigenvalue weighted by atomic mass is 10.2. The van der Waals surface area contributed by atoms with E-state index in [0.29, 0.717) is 10.7 Å². The molecule has 1 fully saturated rings. The van der Waals surface area contributed by atoms with Gasteiger partial charge in [0.2, 0.25) is 0 Å². The topological polar surface area (TPSA) is 49.4 Å². The molecule has 0 atom stereocenters. The van der Waals surface area contributed by atoms with Crippen molar-refractivity contribution in [2.24, 2.45) is 0 Å². The molecule has 0 aromatic heterocycles. The van der Waals surface area contributed by atoms with E-state index in [9.17, 15) is 9.59 Å². The first-order valence-electron chi connectivity index (χ1n) is 4.64. The number of amides is 3. The number of nitrogens with zero attached hydrogens (tertiary/aromatic N) is 1. The zero-order valence-electron chi connectivity index (χ0n) is 8.53. The second kappa shape index (κ2) is 3.98. The van der Waals surface area contributed by atoms with Gasteiger partial charge in [0.25, 0.3) is 5.91 Å². The van der Waals surface area contributed by atoms with Gasteiger partial charge in [0.05, 0.1) is 0 Å². The highest BCUT2D eigenvalue weighted by molar-refractivity contribution is 6.30. The van der Waals surface area contributed by atoms with Gasteiger partial charge < -0.3 is 0 Å². The third-order valence-corrected chi connectivity index (χ3v) is 2.51. The van der Waals surface area contributed by atoms with Crippen molar-refractivity contribution in [3.05, 3.63) is 40.5 Å². The van der Waals surface area contributed by atoms with Crippen molar-refractivity contribution >= 4 is 29.6 Å². The predicted octanol–water partition coefficient (Wildman–Crippen LogP) is 1.86. The van der Waals surface area contributed by atoms with Gasteiger partial charge in [-0.05, 0) is 23.8 Å². The average molecular weight is 237 g/mol. The van der Waals surface area contributed by atoms with Crippen LogP contribution in [0.3, 0.4) is 0 Å². The minimum atomic E-state index is -0.418. The lowest BCUT2D eigenvalue weighted by Crippen LogP contribution is -2.24. The summed E-state index contributed by atoms with van der Waals surface area (Å²) in [5.41, 5.74) is 1.09. The first-order valence-corrected chi connectivity index (χ1v) is 5.02.